The van der Waals surface area contributed by atoms with Gasteiger partial charge >= 0.3 is 6.18 Å². The molecule has 1 N–H and O–H groups in total. The van der Waals surface area contributed by atoms with E-state index in [1.165, 1.54) is 29.4 Å². The maximum absolute atomic E-state index is 13.1. The first-order valence-electron chi connectivity index (χ1n) is 6.29. The molecule has 1 aliphatic heterocycles. The Morgan fingerprint density at radius 3 is 2.67 bits per heavy atom. The number of carbonyl (C=O) groups excluding carboxylic acids is 1. The second-order valence-electron chi connectivity index (χ2n) is 4.73. The topological polar surface area (TPSA) is 49.4 Å². The van der Waals surface area contributed by atoms with E-state index in [4.69, 9.17) is 0 Å². The van der Waals surface area contributed by atoms with Gasteiger partial charge in [-0.3, -0.25) is 14.3 Å². The highest BCUT2D eigenvalue weighted by Crippen LogP contribution is 2.36. The van der Waals surface area contributed by atoms with Crippen LogP contribution in [0.15, 0.2) is 24.3 Å². The van der Waals surface area contributed by atoms with E-state index in [-0.39, 0.29) is 30.3 Å². The van der Waals surface area contributed by atoms with Crippen LogP contribution in [0.3, 0.4) is 0 Å². The molecule has 2 atom stereocenters. The van der Waals surface area contributed by atoms with Crippen molar-refractivity contribution in [3.8, 4) is 0 Å². The Morgan fingerprint density at radius 2 is 2.05 bits per heavy atom. The highest BCUT2D eigenvalue weighted by molar-refractivity contribution is 7.84. The van der Waals surface area contributed by atoms with Crippen molar-refractivity contribution in [2.45, 2.75) is 12.3 Å². The summed E-state index contributed by atoms with van der Waals surface area (Å²) in [6, 6.07) is 5.17. The van der Waals surface area contributed by atoms with E-state index in [0.29, 0.717) is 0 Å². The number of amides is 1. The largest absolute Gasteiger partial charge is 0.416 e. The number of carbonyl (C=O) groups is 1. The van der Waals surface area contributed by atoms with Crippen LogP contribution in [0, 0.1) is 0 Å². The van der Waals surface area contributed by atoms with Gasteiger partial charge in [0, 0.05) is 34.9 Å². The Morgan fingerprint density at radius 1 is 1.38 bits per heavy atom. The summed E-state index contributed by atoms with van der Waals surface area (Å²) < 4.78 is 50.3. The van der Waals surface area contributed by atoms with E-state index in [1.54, 1.807) is 0 Å². The van der Waals surface area contributed by atoms with Crippen molar-refractivity contribution in [3.05, 3.63) is 35.4 Å². The lowest BCUT2D eigenvalue weighted by molar-refractivity contribution is -0.139. The fourth-order valence-electron chi connectivity index (χ4n) is 2.29. The number of nitrogens with one attached hydrogen (secondary N) is 1. The average Bonchev–Trinajstić information content (AvgIpc) is 2.76. The van der Waals surface area contributed by atoms with Crippen LogP contribution in [-0.4, -0.2) is 40.1 Å². The quantitative estimate of drug-likeness (QED) is 0.915. The van der Waals surface area contributed by atoms with Gasteiger partial charge in [0.1, 0.15) is 6.17 Å². The average molecular weight is 320 g/mol. The molecular weight excluding hydrogens is 305 g/mol. The summed E-state index contributed by atoms with van der Waals surface area (Å²) in [4.78, 5) is 13.1. The Balaban J connectivity index is 2.32. The van der Waals surface area contributed by atoms with Crippen molar-refractivity contribution in [1.82, 2.24) is 10.2 Å². The first-order valence-corrected chi connectivity index (χ1v) is 8.02. The van der Waals surface area contributed by atoms with Crippen LogP contribution in [0.4, 0.5) is 13.2 Å². The first-order chi connectivity index (χ1) is 9.80. The van der Waals surface area contributed by atoms with Crippen LogP contribution in [0.5, 0.6) is 0 Å². The zero-order valence-corrected chi connectivity index (χ0v) is 12.1. The number of hydrogen-bond donors (Lipinski definition) is 1. The molecule has 2 rings (SSSR count). The van der Waals surface area contributed by atoms with Crippen molar-refractivity contribution in [3.63, 3.8) is 0 Å². The van der Waals surface area contributed by atoms with E-state index in [0.717, 1.165) is 6.07 Å². The molecule has 2 unspecified atom stereocenters. The van der Waals surface area contributed by atoms with Crippen molar-refractivity contribution >= 4 is 16.7 Å². The molecule has 0 radical (unpaired) electrons. The Labute approximate surface area is 122 Å². The van der Waals surface area contributed by atoms with Crippen LogP contribution < -0.4 is 5.32 Å². The highest BCUT2D eigenvalue weighted by atomic mass is 32.2. The number of benzene rings is 1. The lowest BCUT2D eigenvalue weighted by Gasteiger charge is -2.26. The molecule has 4 nitrogen and oxygen atoms in total. The molecule has 0 aromatic heterocycles. The molecule has 0 aliphatic carbocycles. The van der Waals surface area contributed by atoms with Gasteiger partial charge in [0.2, 0.25) is 5.91 Å². The number of nitrogens with zero attached hydrogens (tertiary/aromatic N) is 1. The molecule has 1 fully saturated rings. The van der Waals surface area contributed by atoms with Gasteiger partial charge in [-0.1, -0.05) is 18.2 Å². The van der Waals surface area contributed by atoms with E-state index in [2.05, 4.69) is 5.32 Å². The van der Waals surface area contributed by atoms with Gasteiger partial charge in [-0.2, -0.15) is 13.2 Å². The standard InChI is InChI=1S/C13H15F3N2O2S/c1-21(20)7-6-18-11(19)8-17-12(18)9-4-2-3-5-10(9)13(14,15)16/h2-5,12,17H,6-8H2,1H3. The predicted octanol–water partition coefficient (Wildman–Crippen LogP) is 1.51. The zero-order chi connectivity index (χ0) is 15.6. The third-order valence-electron chi connectivity index (χ3n) is 3.26. The zero-order valence-electron chi connectivity index (χ0n) is 11.3. The van der Waals surface area contributed by atoms with Gasteiger partial charge in [0.15, 0.2) is 0 Å². The monoisotopic (exact) mass is 320 g/mol. The normalized spacial score (nSPS) is 20.9. The van der Waals surface area contributed by atoms with Crippen LogP contribution in [0.25, 0.3) is 0 Å². The summed E-state index contributed by atoms with van der Waals surface area (Å²) in [6.07, 6.45) is -3.82. The SMILES string of the molecule is CS(=O)CCN1C(=O)CNC1c1ccccc1C(F)(F)F. The number of hydrogen-bond acceptors (Lipinski definition) is 3. The molecule has 21 heavy (non-hydrogen) atoms. The Hall–Kier alpha value is -1.41. The Kier molecular flexibility index (Phi) is 4.67. The second kappa shape index (κ2) is 6.15. The maximum Gasteiger partial charge on any atom is 0.416 e. The highest BCUT2D eigenvalue weighted by Gasteiger charge is 2.39. The van der Waals surface area contributed by atoms with Gasteiger partial charge in [-0.05, 0) is 6.07 Å². The summed E-state index contributed by atoms with van der Waals surface area (Å²) in [5.74, 6) is -0.0552. The van der Waals surface area contributed by atoms with E-state index in [9.17, 15) is 22.2 Å². The Bertz CT molecular complexity index is 563. The number of rotatable bonds is 4. The summed E-state index contributed by atoms with van der Waals surface area (Å²) in [6.45, 7) is 0.138. The minimum absolute atomic E-state index is 0.0118. The minimum atomic E-state index is -4.48. The molecule has 1 amide bonds. The molecule has 0 saturated carbocycles. The molecule has 0 bridgehead atoms. The van der Waals surface area contributed by atoms with Crippen molar-refractivity contribution < 1.29 is 22.2 Å². The van der Waals surface area contributed by atoms with E-state index >= 15 is 0 Å². The molecule has 0 spiro atoms. The summed E-state index contributed by atoms with van der Waals surface area (Å²) >= 11 is 0. The number of halogens is 3. The second-order valence-corrected chi connectivity index (χ2v) is 6.29. The van der Waals surface area contributed by atoms with Gasteiger partial charge in [-0.15, -0.1) is 0 Å². The van der Waals surface area contributed by atoms with Crippen LogP contribution in [0.2, 0.25) is 0 Å². The van der Waals surface area contributed by atoms with Crippen LogP contribution in [0.1, 0.15) is 17.3 Å². The smallest absolute Gasteiger partial charge is 0.321 e. The minimum Gasteiger partial charge on any atom is -0.321 e. The molecule has 1 aromatic rings. The van der Waals surface area contributed by atoms with Gasteiger partial charge < -0.3 is 4.90 Å². The molecule has 1 saturated heterocycles. The molecule has 1 heterocycles. The fraction of sp³-hybridized carbons (Fsp3) is 0.462. The van der Waals surface area contributed by atoms with Crippen LogP contribution in [-0.2, 0) is 21.8 Å². The van der Waals surface area contributed by atoms with Crippen molar-refractivity contribution in [2.75, 3.05) is 25.1 Å². The lowest BCUT2D eigenvalue weighted by atomic mass is 10.0. The summed E-state index contributed by atoms with van der Waals surface area (Å²) in [5, 5.41) is 2.79. The van der Waals surface area contributed by atoms with E-state index < -0.39 is 28.7 Å². The molecule has 1 aliphatic rings. The first kappa shape index (κ1) is 16.0. The summed E-state index contributed by atoms with van der Waals surface area (Å²) in [5.41, 5.74) is -0.752. The molecule has 116 valence electrons. The third-order valence-corrected chi connectivity index (χ3v) is 4.02. The van der Waals surface area contributed by atoms with Crippen molar-refractivity contribution in [2.24, 2.45) is 0 Å². The number of alkyl halides is 3. The predicted molar refractivity (Wildman–Crippen MR) is 72.8 cm³/mol. The van der Waals surface area contributed by atoms with Gasteiger partial charge in [0.05, 0.1) is 12.1 Å². The maximum atomic E-state index is 13.1. The molecule has 8 heteroatoms. The summed E-state index contributed by atoms with van der Waals surface area (Å²) in [7, 11) is -1.11. The molecule has 1 aromatic carbocycles. The molecular formula is C13H15F3N2O2S. The van der Waals surface area contributed by atoms with Gasteiger partial charge in [0.25, 0.3) is 0 Å². The lowest BCUT2D eigenvalue weighted by Crippen LogP contribution is -2.34. The third kappa shape index (κ3) is 3.62. The van der Waals surface area contributed by atoms with Gasteiger partial charge in [-0.25, -0.2) is 0 Å². The van der Waals surface area contributed by atoms with Crippen molar-refractivity contribution in [1.29, 1.82) is 0 Å². The van der Waals surface area contributed by atoms with E-state index in [1.807, 2.05) is 0 Å². The fourth-order valence-corrected chi connectivity index (χ4v) is 2.75. The van der Waals surface area contributed by atoms with Crippen LogP contribution >= 0.6 is 0 Å².